The Bertz CT molecular complexity index is 1180. The number of aliphatic hydroxyl groups is 2. The molecule has 410 valence electrons. The van der Waals surface area contributed by atoms with E-state index in [4.69, 9.17) is 4.74 Å². The second kappa shape index (κ2) is 59.4. The standard InChI is InChI=1S/C64H119NO5/c1-3-5-7-9-11-13-15-17-28-32-36-40-44-48-52-56-62(67)61(60-66)65-63(68)57-53-49-45-41-37-33-30-26-24-22-20-19-21-23-25-27-31-35-39-43-47-51-55-59-70-64(69)58-54-50-46-42-38-34-29-18-16-14-12-10-8-6-4-2/h12,14,18,22,24,29,52,56,61-62,66-67H,3-11,13,15-17,19-21,23,25-28,30-51,53-55,57-60H2,1-2H3,(H,65,68)/b14-12-,24-22-,29-18-,56-52+. The first-order valence-electron chi connectivity index (χ1n) is 30.9. The third-order valence-corrected chi connectivity index (χ3v) is 14.1. The van der Waals surface area contributed by atoms with Gasteiger partial charge in [-0.3, -0.25) is 9.59 Å². The van der Waals surface area contributed by atoms with Crippen molar-refractivity contribution < 1.29 is 24.5 Å². The molecule has 0 heterocycles. The van der Waals surface area contributed by atoms with E-state index in [-0.39, 0.29) is 18.5 Å². The van der Waals surface area contributed by atoms with Crippen LogP contribution < -0.4 is 5.32 Å². The molecule has 3 N–H and O–H groups in total. The number of allylic oxidation sites excluding steroid dienone is 7. The zero-order valence-electron chi connectivity index (χ0n) is 46.7. The maximum absolute atomic E-state index is 12.5. The monoisotopic (exact) mass is 982 g/mol. The summed E-state index contributed by atoms with van der Waals surface area (Å²) in [6, 6.07) is -0.633. The third-order valence-electron chi connectivity index (χ3n) is 14.1. The van der Waals surface area contributed by atoms with Crippen molar-refractivity contribution in [2.75, 3.05) is 13.2 Å². The van der Waals surface area contributed by atoms with Gasteiger partial charge in [-0.05, 0) is 89.9 Å². The number of esters is 1. The minimum absolute atomic E-state index is 0.00339. The fraction of sp³-hybridized carbons (Fsp3) is 0.844. The zero-order valence-corrected chi connectivity index (χ0v) is 46.7. The Morgan fingerprint density at radius 3 is 1.13 bits per heavy atom. The quantitative estimate of drug-likeness (QED) is 0.0321. The Morgan fingerprint density at radius 2 is 0.714 bits per heavy atom. The molecular formula is C64H119NO5. The summed E-state index contributed by atoms with van der Waals surface area (Å²) in [5.41, 5.74) is 0. The first-order chi connectivity index (χ1) is 34.5. The van der Waals surface area contributed by atoms with Crippen LogP contribution in [0.4, 0.5) is 0 Å². The number of aliphatic hydroxyl groups excluding tert-OH is 2. The number of carbonyl (C=O) groups excluding carboxylic acids is 2. The van der Waals surface area contributed by atoms with Gasteiger partial charge in [0.1, 0.15) is 0 Å². The van der Waals surface area contributed by atoms with E-state index in [1.54, 1.807) is 6.08 Å². The average Bonchev–Trinajstić information content (AvgIpc) is 3.36. The highest BCUT2D eigenvalue weighted by molar-refractivity contribution is 5.76. The number of unbranched alkanes of at least 4 members (excludes halogenated alkanes) is 40. The fourth-order valence-electron chi connectivity index (χ4n) is 9.31. The summed E-state index contributed by atoms with van der Waals surface area (Å²) in [4.78, 5) is 24.5. The van der Waals surface area contributed by atoms with Crippen LogP contribution in [0.3, 0.4) is 0 Å². The summed E-state index contributed by atoms with van der Waals surface area (Å²) >= 11 is 0. The Kier molecular flexibility index (Phi) is 57.5. The lowest BCUT2D eigenvalue weighted by Crippen LogP contribution is -2.45. The predicted octanol–water partition coefficient (Wildman–Crippen LogP) is 19.4. The SMILES string of the molecule is CCCCC/C=C\C/C=C\CCCCCCCC(=O)OCCCCCCCCCCCCCC/C=C\CCCCCCCCCC(=O)NC(CO)C(O)/C=C/CCCCCCCCCCCCCCC. The van der Waals surface area contributed by atoms with Crippen LogP contribution in [0.5, 0.6) is 0 Å². The molecule has 0 bridgehead atoms. The molecule has 0 fully saturated rings. The highest BCUT2D eigenvalue weighted by Gasteiger charge is 2.18. The van der Waals surface area contributed by atoms with E-state index >= 15 is 0 Å². The van der Waals surface area contributed by atoms with Crippen molar-refractivity contribution in [3.8, 4) is 0 Å². The van der Waals surface area contributed by atoms with E-state index in [0.717, 1.165) is 57.8 Å². The van der Waals surface area contributed by atoms with Crippen molar-refractivity contribution in [2.24, 2.45) is 0 Å². The zero-order chi connectivity index (χ0) is 50.7. The molecule has 0 aliphatic carbocycles. The summed E-state index contributed by atoms with van der Waals surface area (Å²) in [6.07, 6.45) is 75.7. The molecule has 0 radical (unpaired) electrons. The second-order valence-electron chi connectivity index (χ2n) is 21.0. The summed E-state index contributed by atoms with van der Waals surface area (Å²) < 4.78 is 5.48. The number of amides is 1. The molecule has 6 nitrogen and oxygen atoms in total. The molecule has 0 rings (SSSR count). The maximum Gasteiger partial charge on any atom is 0.305 e. The van der Waals surface area contributed by atoms with Gasteiger partial charge in [0.15, 0.2) is 0 Å². The van der Waals surface area contributed by atoms with E-state index in [2.05, 4.69) is 55.6 Å². The minimum atomic E-state index is -0.849. The van der Waals surface area contributed by atoms with Crippen molar-refractivity contribution in [3.63, 3.8) is 0 Å². The van der Waals surface area contributed by atoms with Crippen LogP contribution in [0.1, 0.15) is 322 Å². The van der Waals surface area contributed by atoms with Crippen molar-refractivity contribution in [1.29, 1.82) is 0 Å². The van der Waals surface area contributed by atoms with Gasteiger partial charge in [0.05, 0.1) is 25.4 Å². The second-order valence-corrected chi connectivity index (χ2v) is 21.0. The van der Waals surface area contributed by atoms with Gasteiger partial charge in [0.2, 0.25) is 5.91 Å². The first kappa shape index (κ1) is 67.8. The molecule has 1 amide bonds. The Balaban J connectivity index is 3.44. The third kappa shape index (κ3) is 55.1. The lowest BCUT2D eigenvalue weighted by atomic mass is 10.0. The summed E-state index contributed by atoms with van der Waals surface area (Å²) in [5.74, 6) is -0.0774. The molecule has 0 aromatic heterocycles. The molecule has 0 saturated carbocycles. The van der Waals surface area contributed by atoms with Crippen LogP contribution in [-0.2, 0) is 14.3 Å². The number of rotatable bonds is 57. The number of carbonyl (C=O) groups is 2. The van der Waals surface area contributed by atoms with Gasteiger partial charge in [-0.15, -0.1) is 0 Å². The fourth-order valence-corrected chi connectivity index (χ4v) is 9.31. The molecule has 0 aromatic rings. The van der Waals surface area contributed by atoms with E-state index in [0.29, 0.717) is 19.4 Å². The van der Waals surface area contributed by atoms with Crippen molar-refractivity contribution >= 4 is 11.9 Å². The maximum atomic E-state index is 12.5. The average molecular weight is 983 g/mol. The van der Waals surface area contributed by atoms with Crippen molar-refractivity contribution in [3.05, 3.63) is 48.6 Å². The van der Waals surface area contributed by atoms with Gasteiger partial charge < -0.3 is 20.3 Å². The highest BCUT2D eigenvalue weighted by Crippen LogP contribution is 2.16. The van der Waals surface area contributed by atoms with Gasteiger partial charge in [0.25, 0.3) is 0 Å². The van der Waals surface area contributed by atoms with Crippen LogP contribution in [-0.4, -0.2) is 47.4 Å². The van der Waals surface area contributed by atoms with Gasteiger partial charge >= 0.3 is 5.97 Å². The number of nitrogens with one attached hydrogen (secondary N) is 1. The molecule has 0 spiro atoms. The van der Waals surface area contributed by atoms with E-state index in [1.807, 2.05) is 6.08 Å². The summed E-state index contributed by atoms with van der Waals surface area (Å²) in [5, 5.41) is 23.1. The predicted molar refractivity (Wildman–Crippen MR) is 306 cm³/mol. The topological polar surface area (TPSA) is 95.9 Å². The number of hydrogen-bond donors (Lipinski definition) is 3. The van der Waals surface area contributed by atoms with Crippen molar-refractivity contribution in [1.82, 2.24) is 5.32 Å². The Labute approximate surface area is 436 Å². The number of ether oxygens (including phenoxy) is 1. The number of hydrogen-bond acceptors (Lipinski definition) is 5. The summed E-state index contributed by atoms with van der Waals surface area (Å²) in [7, 11) is 0. The molecule has 0 aliphatic heterocycles. The van der Waals surface area contributed by atoms with Crippen LogP contribution >= 0.6 is 0 Å². The van der Waals surface area contributed by atoms with Crippen molar-refractivity contribution in [2.45, 2.75) is 334 Å². The normalized spacial score (nSPS) is 12.9. The lowest BCUT2D eigenvalue weighted by molar-refractivity contribution is -0.143. The van der Waals surface area contributed by atoms with Crippen LogP contribution in [0.15, 0.2) is 48.6 Å². The molecular weight excluding hydrogens is 863 g/mol. The molecule has 2 atom stereocenters. The molecule has 0 aromatic carbocycles. The van der Waals surface area contributed by atoms with E-state index < -0.39 is 12.1 Å². The molecule has 0 aliphatic rings. The van der Waals surface area contributed by atoms with Gasteiger partial charge in [0, 0.05) is 12.8 Å². The van der Waals surface area contributed by atoms with E-state index in [1.165, 1.54) is 238 Å². The van der Waals surface area contributed by atoms with Gasteiger partial charge in [-0.25, -0.2) is 0 Å². The largest absolute Gasteiger partial charge is 0.466 e. The van der Waals surface area contributed by atoms with Gasteiger partial charge in [-0.1, -0.05) is 268 Å². The van der Waals surface area contributed by atoms with E-state index in [9.17, 15) is 19.8 Å². The minimum Gasteiger partial charge on any atom is -0.466 e. The van der Waals surface area contributed by atoms with Crippen LogP contribution in [0, 0.1) is 0 Å². The van der Waals surface area contributed by atoms with Gasteiger partial charge in [-0.2, -0.15) is 0 Å². The molecule has 2 unspecified atom stereocenters. The molecule has 70 heavy (non-hydrogen) atoms. The lowest BCUT2D eigenvalue weighted by Gasteiger charge is -2.20. The molecule has 6 heteroatoms. The molecule has 0 saturated heterocycles. The first-order valence-corrected chi connectivity index (χ1v) is 30.9. The smallest absolute Gasteiger partial charge is 0.305 e. The van der Waals surface area contributed by atoms with Crippen LogP contribution in [0.2, 0.25) is 0 Å². The summed E-state index contributed by atoms with van der Waals surface area (Å²) in [6.45, 7) is 4.87. The Morgan fingerprint density at radius 1 is 0.400 bits per heavy atom. The highest BCUT2D eigenvalue weighted by atomic mass is 16.5. The van der Waals surface area contributed by atoms with Crippen LogP contribution in [0.25, 0.3) is 0 Å². The Hall–Kier alpha value is -2.18.